The van der Waals surface area contributed by atoms with Crippen LogP contribution in [0.3, 0.4) is 0 Å². The summed E-state index contributed by atoms with van der Waals surface area (Å²) in [5, 5.41) is 8.68. The fraction of sp³-hybridized carbons (Fsp3) is 0.0435. The highest BCUT2D eigenvalue weighted by atomic mass is 16.5. The van der Waals surface area contributed by atoms with Crippen molar-refractivity contribution in [1.29, 1.82) is 0 Å². The van der Waals surface area contributed by atoms with E-state index < -0.39 is 0 Å². The SMILES string of the molecule is C1=CC2Oc3cc(-c4nc(-c5ccccc5)nc5c4oc4ccccc45)ccc3C2C=C1c1ccc2c3ccccc3c3ccccc3c2c1. The molecule has 0 fully saturated rings. The number of fused-ring (bicyclic) bond motifs is 12. The van der Waals surface area contributed by atoms with Gasteiger partial charge < -0.3 is 9.15 Å². The van der Waals surface area contributed by atoms with Crippen LogP contribution in [0.2, 0.25) is 0 Å². The van der Waals surface area contributed by atoms with Crippen molar-refractivity contribution in [3.8, 4) is 28.4 Å². The van der Waals surface area contributed by atoms with Crippen molar-refractivity contribution >= 4 is 60.0 Å². The van der Waals surface area contributed by atoms with Crippen LogP contribution >= 0.6 is 0 Å². The number of aromatic nitrogens is 2. The summed E-state index contributed by atoms with van der Waals surface area (Å²) in [7, 11) is 0. The van der Waals surface area contributed by atoms with Crippen LogP contribution in [-0.4, -0.2) is 16.1 Å². The third-order valence-electron chi connectivity index (χ3n) is 10.4. The summed E-state index contributed by atoms with van der Waals surface area (Å²) in [6.07, 6.45) is 6.73. The number of benzene rings is 7. The topological polar surface area (TPSA) is 48.2 Å². The maximum Gasteiger partial charge on any atom is 0.180 e. The van der Waals surface area contributed by atoms with Gasteiger partial charge >= 0.3 is 0 Å². The van der Waals surface area contributed by atoms with Gasteiger partial charge in [-0.15, -0.1) is 0 Å². The van der Waals surface area contributed by atoms with Crippen molar-refractivity contribution in [1.82, 2.24) is 9.97 Å². The molecule has 1 aliphatic carbocycles. The zero-order chi connectivity index (χ0) is 32.8. The van der Waals surface area contributed by atoms with Gasteiger partial charge in [-0.2, -0.15) is 0 Å². The lowest BCUT2D eigenvalue weighted by Crippen LogP contribution is -2.16. The molecule has 3 heterocycles. The summed E-state index contributed by atoms with van der Waals surface area (Å²) in [6, 6.07) is 49.0. The minimum atomic E-state index is -0.0641. The van der Waals surface area contributed by atoms with E-state index in [-0.39, 0.29) is 12.0 Å². The molecule has 7 aromatic carbocycles. The smallest absolute Gasteiger partial charge is 0.180 e. The second kappa shape index (κ2) is 10.5. The van der Waals surface area contributed by atoms with E-state index in [1.165, 1.54) is 49.0 Å². The zero-order valence-corrected chi connectivity index (χ0v) is 26.9. The molecule has 234 valence electrons. The predicted molar refractivity (Wildman–Crippen MR) is 203 cm³/mol. The molecule has 0 bridgehead atoms. The van der Waals surface area contributed by atoms with Crippen molar-refractivity contribution in [2.75, 3.05) is 0 Å². The van der Waals surface area contributed by atoms with E-state index in [1.54, 1.807) is 0 Å². The number of nitrogens with zero attached hydrogens (tertiary/aromatic N) is 2. The highest BCUT2D eigenvalue weighted by Gasteiger charge is 2.34. The molecule has 2 atom stereocenters. The van der Waals surface area contributed by atoms with Crippen molar-refractivity contribution in [2.45, 2.75) is 12.0 Å². The van der Waals surface area contributed by atoms with E-state index in [0.29, 0.717) is 11.4 Å². The molecule has 0 N–H and O–H groups in total. The highest BCUT2D eigenvalue weighted by molar-refractivity contribution is 6.25. The lowest BCUT2D eigenvalue weighted by Gasteiger charge is -2.19. The van der Waals surface area contributed by atoms with Gasteiger partial charge in [-0.25, -0.2) is 9.97 Å². The lowest BCUT2D eigenvalue weighted by molar-refractivity contribution is 0.269. The van der Waals surface area contributed by atoms with Crippen molar-refractivity contribution in [3.05, 3.63) is 169 Å². The van der Waals surface area contributed by atoms with Gasteiger partial charge in [0.15, 0.2) is 11.4 Å². The van der Waals surface area contributed by atoms with E-state index in [2.05, 4.69) is 109 Å². The molecule has 0 saturated heterocycles. The molecule has 1 aliphatic heterocycles. The molecule has 2 aliphatic rings. The van der Waals surface area contributed by atoms with E-state index in [4.69, 9.17) is 19.1 Å². The first-order chi connectivity index (χ1) is 24.8. The Kier molecular flexibility index (Phi) is 5.75. The standard InChI is InChI=1S/C46H28N2O2/c1-2-10-27(11-3-1)46-47-43(45-44(48-46)37-16-8-9-17-40(37)50-45)30-19-22-36-39-25-29(20-23-41(39)49-42(36)26-30)28-18-21-35-33-14-5-4-12-31(33)32-13-6-7-15-34(32)38(35)24-28/h1-26,39,41H. The molecule has 9 aromatic rings. The Balaban J connectivity index is 1.02. The zero-order valence-electron chi connectivity index (χ0n) is 26.9. The fourth-order valence-corrected chi connectivity index (χ4v) is 8.03. The van der Waals surface area contributed by atoms with E-state index in [9.17, 15) is 0 Å². The summed E-state index contributed by atoms with van der Waals surface area (Å²) >= 11 is 0. The first kappa shape index (κ1) is 27.4. The molecular weight excluding hydrogens is 613 g/mol. The number of furan rings is 1. The number of para-hydroxylation sites is 1. The van der Waals surface area contributed by atoms with Gasteiger partial charge in [-0.3, -0.25) is 0 Å². The number of rotatable bonds is 3. The summed E-state index contributed by atoms with van der Waals surface area (Å²) in [4.78, 5) is 10.1. The summed E-state index contributed by atoms with van der Waals surface area (Å²) in [5.74, 6) is 1.65. The Morgan fingerprint density at radius 3 is 1.96 bits per heavy atom. The average molecular weight is 641 g/mol. The quantitative estimate of drug-likeness (QED) is 0.180. The van der Waals surface area contributed by atoms with Gasteiger partial charge in [0.25, 0.3) is 0 Å². The molecule has 0 spiro atoms. The minimum Gasteiger partial charge on any atom is -0.485 e. The van der Waals surface area contributed by atoms with Gasteiger partial charge in [0.05, 0.1) is 0 Å². The number of allylic oxidation sites excluding steroid dienone is 2. The van der Waals surface area contributed by atoms with Crippen molar-refractivity contribution in [2.24, 2.45) is 0 Å². The molecule has 0 saturated carbocycles. The highest BCUT2D eigenvalue weighted by Crippen LogP contribution is 2.46. The van der Waals surface area contributed by atoms with Crippen LogP contribution in [0, 0.1) is 0 Å². The third-order valence-corrected chi connectivity index (χ3v) is 10.4. The first-order valence-corrected chi connectivity index (χ1v) is 17.1. The van der Waals surface area contributed by atoms with Gasteiger partial charge in [-0.05, 0) is 73.8 Å². The van der Waals surface area contributed by atoms with Crippen LogP contribution in [0.25, 0.3) is 82.6 Å². The Morgan fingerprint density at radius 1 is 0.520 bits per heavy atom. The number of ether oxygens (including phenoxy) is 1. The second-order valence-corrected chi connectivity index (χ2v) is 13.2. The second-order valence-electron chi connectivity index (χ2n) is 13.2. The molecule has 4 heteroatoms. The van der Waals surface area contributed by atoms with Gasteiger partial charge in [0, 0.05) is 28.0 Å². The maximum atomic E-state index is 6.61. The number of hydrogen-bond acceptors (Lipinski definition) is 4. The van der Waals surface area contributed by atoms with Crippen LogP contribution in [0.1, 0.15) is 17.0 Å². The monoisotopic (exact) mass is 640 g/mol. The Hall–Kier alpha value is -6.52. The molecule has 50 heavy (non-hydrogen) atoms. The minimum absolute atomic E-state index is 0.0641. The first-order valence-electron chi connectivity index (χ1n) is 17.1. The molecular formula is C46H28N2O2. The molecule has 0 radical (unpaired) electrons. The molecule has 11 rings (SSSR count). The number of hydrogen-bond donors (Lipinski definition) is 0. The van der Waals surface area contributed by atoms with Crippen LogP contribution in [0.15, 0.2) is 162 Å². The molecule has 2 unspecified atom stereocenters. The van der Waals surface area contributed by atoms with E-state index in [1.807, 2.05) is 48.5 Å². The predicted octanol–water partition coefficient (Wildman–Crippen LogP) is 11.7. The maximum absolute atomic E-state index is 6.61. The van der Waals surface area contributed by atoms with E-state index in [0.717, 1.165) is 39.1 Å². The lowest BCUT2D eigenvalue weighted by atomic mass is 9.85. The van der Waals surface area contributed by atoms with E-state index >= 15 is 0 Å². The molecule has 4 nitrogen and oxygen atoms in total. The molecule has 0 amide bonds. The summed E-state index contributed by atoms with van der Waals surface area (Å²) in [5.41, 5.74) is 8.54. The Labute approximate surface area is 287 Å². The average Bonchev–Trinajstić information content (AvgIpc) is 3.75. The largest absolute Gasteiger partial charge is 0.485 e. The van der Waals surface area contributed by atoms with Gasteiger partial charge in [-0.1, -0.05) is 127 Å². The molecule has 2 aromatic heterocycles. The van der Waals surface area contributed by atoms with Gasteiger partial charge in [0.1, 0.15) is 28.6 Å². The Bertz CT molecular complexity index is 2880. The summed E-state index contributed by atoms with van der Waals surface area (Å²) in [6.45, 7) is 0. The van der Waals surface area contributed by atoms with Crippen molar-refractivity contribution in [3.63, 3.8) is 0 Å². The fourth-order valence-electron chi connectivity index (χ4n) is 8.03. The van der Waals surface area contributed by atoms with Gasteiger partial charge in [0.2, 0.25) is 0 Å². The van der Waals surface area contributed by atoms with Crippen molar-refractivity contribution < 1.29 is 9.15 Å². The van der Waals surface area contributed by atoms with Crippen LogP contribution in [0.5, 0.6) is 5.75 Å². The van der Waals surface area contributed by atoms with Crippen LogP contribution in [-0.2, 0) is 0 Å². The Morgan fingerprint density at radius 2 is 1.18 bits per heavy atom. The van der Waals surface area contributed by atoms with Crippen LogP contribution < -0.4 is 4.74 Å². The third kappa shape index (κ3) is 4.05. The van der Waals surface area contributed by atoms with Crippen LogP contribution in [0.4, 0.5) is 0 Å². The normalized spacial score (nSPS) is 16.6. The summed E-state index contributed by atoms with van der Waals surface area (Å²) < 4.78 is 13.0.